The van der Waals surface area contributed by atoms with Gasteiger partial charge >= 0.3 is 12.2 Å². The van der Waals surface area contributed by atoms with E-state index in [1.54, 1.807) is 24.4 Å². The lowest BCUT2D eigenvalue weighted by Gasteiger charge is -2.45. The first-order valence-corrected chi connectivity index (χ1v) is 8.87. The third-order valence-electron chi connectivity index (χ3n) is 5.02. The van der Waals surface area contributed by atoms with Gasteiger partial charge in [-0.05, 0) is 35.9 Å². The second-order valence-electron chi connectivity index (χ2n) is 6.88. The Bertz CT molecular complexity index is 1120. The maximum Gasteiger partial charge on any atom is 0.437 e. The van der Waals surface area contributed by atoms with E-state index >= 15 is 0 Å². The lowest BCUT2D eigenvalue weighted by molar-refractivity contribution is -0.287. The van der Waals surface area contributed by atoms with E-state index in [1.807, 2.05) is 0 Å². The molecule has 2 amide bonds. The Labute approximate surface area is 168 Å². The van der Waals surface area contributed by atoms with Gasteiger partial charge in [-0.2, -0.15) is 13.2 Å². The zero-order chi connectivity index (χ0) is 21.5. The number of pyridine rings is 2. The van der Waals surface area contributed by atoms with Gasteiger partial charge in [0, 0.05) is 29.5 Å². The molecule has 0 saturated carbocycles. The Morgan fingerprint density at radius 2 is 1.90 bits per heavy atom. The molecule has 3 N–H and O–H groups in total. The fraction of sp³-hybridized carbons (Fsp3) is 0.200. The zero-order valence-electron chi connectivity index (χ0n) is 15.2. The van der Waals surface area contributed by atoms with Crippen molar-refractivity contribution in [3.63, 3.8) is 0 Å². The minimum atomic E-state index is -5.32. The van der Waals surface area contributed by atoms with Crippen molar-refractivity contribution < 1.29 is 27.9 Å². The summed E-state index contributed by atoms with van der Waals surface area (Å²) in [5, 5.41) is 15.0. The number of benzene rings is 1. The molecule has 0 aliphatic carbocycles. The lowest BCUT2D eigenvalue weighted by Crippen LogP contribution is -2.72. The highest BCUT2D eigenvalue weighted by atomic mass is 19.4. The molecule has 4 rings (SSSR count). The summed E-state index contributed by atoms with van der Waals surface area (Å²) in [6, 6.07) is 7.89. The van der Waals surface area contributed by atoms with Gasteiger partial charge in [0.2, 0.25) is 5.72 Å². The molecule has 10 heteroatoms. The van der Waals surface area contributed by atoms with Gasteiger partial charge in [0.15, 0.2) is 5.78 Å². The van der Waals surface area contributed by atoms with Crippen LogP contribution in [-0.4, -0.2) is 38.8 Å². The fourth-order valence-corrected chi connectivity index (χ4v) is 3.59. The first-order valence-electron chi connectivity index (χ1n) is 8.87. The number of hydrogen-bond donors (Lipinski definition) is 3. The molecule has 7 nitrogen and oxygen atoms in total. The molecule has 0 bridgehead atoms. The summed E-state index contributed by atoms with van der Waals surface area (Å²) < 4.78 is 41.7. The number of nitrogens with zero attached hydrogens (tertiary/aromatic N) is 2. The molecule has 30 heavy (non-hydrogen) atoms. The Morgan fingerprint density at radius 3 is 2.60 bits per heavy atom. The van der Waals surface area contributed by atoms with Crippen LogP contribution in [0.1, 0.15) is 22.0 Å². The van der Waals surface area contributed by atoms with Gasteiger partial charge in [-0.15, -0.1) is 0 Å². The van der Waals surface area contributed by atoms with Gasteiger partial charge in [-0.3, -0.25) is 14.8 Å². The van der Waals surface area contributed by atoms with E-state index in [1.165, 1.54) is 35.8 Å². The molecule has 2 aromatic heterocycles. The number of rotatable bonds is 3. The second-order valence-corrected chi connectivity index (χ2v) is 6.88. The molecule has 1 fully saturated rings. The first-order chi connectivity index (χ1) is 14.2. The van der Waals surface area contributed by atoms with E-state index in [4.69, 9.17) is 0 Å². The van der Waals surface area contributed by atoms with Gasteiger partial charge in [-0.1, -0.05) is 12.1 Å². The lowest BCUT2D eigenvalue weighted by atomic mass is 9.77. The molecule has 1 aliphatic rings. The van der Waals surface area contributed by atoms with E-state index in [-0.39, 0.29) is 11.1 Å². The molecule has 0 spiro atoms. The molecule has 154 valence electrons. The van der Waals surface area contributed by atoms with Gasteiger partial charge in [0.05, 0.1) is 11.6 Å². The molecular formula is C20H15F3N4O3. The number of carbonyl (C=O) groups excluding carboxylic acids is 2. The standard InChI is InChI=1S/C20H15F3N4O3/c21-20(22,23)19(30)15(17(28)13-4-1-7-24-10-13)16(26-18(29)27-19)12-5-6-14-11(9-12)3-2-8-25-14/h1-10,15-16,30H,(H2,26,27,29). The van der Waals surface area contributed by atoms with Crippen LogP contribution in [0, 0.1) is 5.92 Å². The highest BCUT2D eigenvalue weighted by molar-refractivity contribution is 6.00. The normalized spacial score (nSPS) is 24.2. The second kappa shape index (κ2) is 7.06. The molecule has 0 radical (unpaired) electrons. The zero-order valence-corrected chi connectivity index (χ0v) is 15.2. The Hall–Kier alpha value is -3.53. The largest absolute Gasteiger partial charge is 0.437 e. The van der Waals surface area contributed by atoms with Crippen LogP contribution in [0.15, 0.2) is 61.1 Å². The van der Waals surface area contributed by atoms with Crippen LogP contribution in [0.4, 0.5) is 18.0 Å². The number of ketones is 1. The van der Waals surface area contributed by atoms with Crippen molar-refractivity contribution in [2.24, 2.45) is 5.92 Å². The van der Waals surface area contributed by atoms with Gasteiger partial charge in [0.25, 0.3) is 0 Å². The van der Waals surface area contributed by atoms with Crippen LogP contribution in [0.3, 0.4) is 0 Å². The molecular weight excluding hydrogens is 401 g/mol. The minimum Gasteiger partial charge on any atom is -0.363 e. The van der Waals surface area contributed by atoms with Crippen molar-refractivity contribution in [1.82, 2.24) is 20.6 Å². The summed E-state index contributed by atoms with van der Waals surface area (Å²) in [5.41, 5.74) is -3.11. The Morgan fingerprint density at radius 1 is 1.13 bits per heavy atom. The Balaban J connectivity index is 1.88. The summed E-state index contributed by atoms with van der Waals surface area (Å²) in [6.45, 7) is 0. The number of amides is 2. The number of hydrogen-bond acceptors (Lipinski definition) is 5. The van der Waals surface area contributed by atoms with Crippen molar-refractivity contribution in [2.45, 2.75) is 17.9 Å². The number of aromatic nitrogens is 2. The van der Waals surface area contributed by atoms with Crippen molar-refractivity contribution >= 4 is 22.7 Å². The van der Waals surface area contributed by atoms with Crippen molar-refractivity contribution in [2.75, 3.05) is 0 Å². The monoisotopic (exact) mass is 416 g/mol. The molecule has 1 saturated heterocycles. The number of alkyl halides is 3. The van der Waals surface area contributed by atoms with Crippen molar-refractivity contribution in [3.8, 4) is 0 Å². The van der Waals surface area contributed by atoms with E-state index in [2.05, 4.69) is 15.3 Å². The number of fused-ring (bicyclic) bond motifs is 1. The average molecular weight is 416 g/mol. The van der Waals surface area contributed by atoms with Gasteiger partial charge < -0.3 is 15.7 Å². The molecule has 1 aromatic carbocycles. The molecule has 1 aliphatic heterocycles. The predicted molar refractivity (Wildman–Crippen MR) is 99.2 cm³/mol. The highest BCUT2D eigenvalue weighted by Gasteiger charge is 2.66. The quantitative estimate of drug-likeness (QED) is 0.570. The molecule has 3 aromatic rings. The first kappa shape index (κ1) is 19.8. The van der Waals surface area contributed by atoms with Gasteiger partial charge in [0.1, 0.15) is 5.92 Å². The predicted octanol–water partition coefficient (Wildman–Crippen LogP) is 2.73. The highest BCUT2D eigenvalue weighted by Crippen LogP contribution is 2.44. The summed E-state index contributed by atoms with van der Waals surface area (Å²) in [4.78, 5) is 33.1. The van der Waals surface area contributed by atoms with Crippen LogP contribution in [0.25, 0.3) is 10.9 Å². The third-order valence-corrected chi connectivity index (χ3v) is 5.02. The van der Waals surface area contributed by atoms with Crippen LogP contribution in [0.2, 0.25) is 0 Å². The molecule has 3 heterocycles. The number of nitrogens with one attached hydrogen (secondary N) is 2. The van der Waals surface area contributed by atoms with Crippen LogP contribution in [-0.2, 0) is 0 Å². The molecule has 3 atom stereocenters. The maximum absolute atomic E-state index is 13.9. The topological polar surface area (TPSA) is 104 Å². The number of Topliss-reactive ketones (excluding diaryl/α,β-unsaturated/α-hetero) is 1. The fourth-order valence-electron chi connectivity index (χ4n) is 3.59. The van der Waals surface area contributed by atoms with Crippen LogP contribution in [0.5, 0.6) is 0 Å². The number of carbonyl (C=O) groups is 2. The maximum atomic E-state index is 13.9. The number of urea groups is 1. The average Bonchev–Trinajstić information content (AvgIpc) is 2.72. The summed E-state index contributed by atoms with van der Waals surface area (Å²) in [7, 11) is 0. The molecule has 3 unspecified atom stereocenters. The number of halogens is 3. The van der Waals surface area contributed by atoms with Crippen molar-refractivity contribution in [1.29, 1.82) is 0 Å². The third kappa shape index (κ3) is 3.24. The van der Waals surface area contributed by atoms with E-state index in [0.29, 0.717) is 10.9 Å². The SMILES string of the molecule is O=C1NC(c2ccc3ncccc3c2)C(C(=O)c2cccnc2)C(O)(C(F)(F)F)N1. The van der Waals surface area contributed by atoms with E-state index in [0.717, 1.165) is 6.20 Å². The summed E-state index contributed by atoms with van der Waals surface area (Å²) in [5.74, 6) is -3.12. The Kier molecular flexibility index (Phi) is 4.65. The van der Waals surface area contributed by atoms with E-state index < -0.39 is 35.7 Å². The van der Waals surface area contributed by atoms with Crippen LogP contribution >= 0.6 is 0 Å². The van der Waals surface area contributed by atoms with E-state index in [9.17, 15) is 27.9 Å². The summed E-state index contributed by atoms with van der Waals surface area (Å²) >= 11 is 0. The summed E-state index contributed by atoms with van der Waals surface area (Å²) in [6.07, 6.45) is -1.28. The smallest absolute Gasteiger partial charge is 0.363 e. The van der Waals surface area contributed by atoms with Crippen molar-refractivity contribution in [3.05, 3.63) is 72.2 Å². The minimum absolute atomic E-state index is 0.129. The number of aliphatic hydroxyl groups is 1. The van der Waals surface area contributed by atoms with Gasteiger partial charge in [-0.25, -0.2) is 4.79 Å². The van der Waals surface area contributed by atoms with Crippen LogP contribution < -0.4 is 10.6 Å².